The zero-order chi connectivity index (χ0) is 14.7. The Balaban J connectivity index is 1.43. The highest BCUT2D eigenvalue weighted by Gasteiger charge is 2.39. The molecular formula is C18H30N2S. The van der Waals surface area contributed by atoms with Crippen molar-refractivity contribution < 1.29 is 0 Å². The third kappa shape index (κ3) is 4.08. The average Bonchev–Trinajstić information content (AvgIpc) is 3.16. The molecule has 2 saturated carbocycles. The number of fused-ring (bicyclic) bond motifs is 2. The molecule has 3 unspecified atom stereocenters. The van der Waals surface area contributed by atoms with Crippen molar-refractivity contribution in [2.45, 2.75) is 52.1 Å². The summed E-state index contributed by atoms with van der Waals surface area (Å²) in [5.41, 5.74) is 0. The van der Waals surface area contributed by atoms with Crippen molar-refractivity contribution >= 4 is 11.3 Å². The largest absolute Gasteiger partial charge is 0.312 e. The highest BCUT2D eigenvalue weighted by molar-refractivity contribution is 7.11. The summed E-state index contributed by atoms with van der Waals surface area (Å²) < 4.78 is 0. The topological polar surface area (TPSA) is 15.3 Å². The predicted molar refractivity (Wildman–Crippen MR) is 91.6 cm³/mol. The third-order valence-electron chi connectivity index (χ3n) is 5.30. The van der Waals surface area contributed by atoms with Crippen LogP contribution in [0.4, 0.5) is 0 Å². The van der Waals surface area contributed by atoms with Crippen LogP contribution in [0.2, 0.25) is 0 Å². The van der Waals surface area contributed by atoms with Gasteiger partial charge < -0.3 is 10.2 Å². The number of rotatable bonds is 8. The maximum absolute atomic E-state index is 3.49. The van der Waals surface area contributed by atoms with Gasteiger partial charge in [0.05, 0.1) is 0 Å². The summed E-state index contributed by atoms with van der Waals surface area (Å²) in [4.78, 5) is 5.56. The molecular weight excluding hydrogens is 276 g/mol. The molecule has 2 nitrogen and oxygen atoms in total. The van der Waals surface area contributed by atoms with Gasteiger partial charge in [-0.25, -0.2) is 0 Å². The standard InChI is InChI=1S/C18H30N2S/c1-3-8-19-11-17-6-7-18(21-17)13-20(2)12-16-10-14-4-5-15(16)9-14/h6-7,14-16,19H,3-5,8-13H2,1-2H3. The molecule has 21 heavy (non-hydrogen) atoms. The van der Waals surface area contributed by atoms with E-state index in [4.69, 9.17) is 0 Å². The number of thiophene rings is 1. The first kappa shape index (κ1) is 15.5. The van der Waals surface area contributed by atoms with Crippen LogP contribution in [0, 0.1) is 17.8 Å². The fourth-order valence-corrected chi connectivity index (χ4v) is 5.39. The molecule has 1 N–H and O–H groups in total. The van der Waals surface area contributed by atoms with E-state index < -0.39 is 0 Å². The third-order valence-corrected chi connectivity index (χ3v) is 6.37. The quantitative estimate of drug-likeness (QED) is 0.727. The highest BCUT2D eigenvalue weighted by atomic mass is 32.1. The Morgan fingerprint density at radius 1 is 1.24 bits per heavy atom. The minimum Gasteiger partial charge on any atom is -0.312 e. The number of nitrogens with zero attached hydrogens (tertiary/aromatic N) is 1. The molecule has 0 radical (unpaired) electrons. The van der Waals surface area contributed by atoms with Gasteiger partial charge in [-0.1, -0.05) is 13.3 Å². The molecule has 3 atom stereocenters. The second-order valence-corrected chi connectivity index (χ2v) is 8.43. The molecule has 2 aliphatic carbocycles. The summed E-state index contributed by atoms with van der Waals surface area (Å²) in [6, 6.07) is 4.62. The summed E-state index contributed by atoms with van der Waals surface area (Å²) in [7, 11) is 2.31. The van der Waals surface area contributed by atoms with E-state index in [1.165, 1.54) is 48.4 Å². The van der Waals surface area contributed by atoms with Crippen LogP contribution < -0.4 is 5.32 Å². The van der Waals surface area contributed by atoms with Gasteiger partial charge >= 0.3 is 0 Å². The molecule has 3 heteroatoms. The van der Waals surface area contributed by atoms with E-state index in [1.807, 2.05) is 11.3 Å². The van der Waals surface area contributed by atoms with Gasteiger partial charge in [-0.3, -0.25) is 0 Å². The average molecular weight is 307 g/mol. The van der Waals surface area contributed by atoms with Crippen LogP contribution in [0.5, 0.6) is 0 Å². The molecule has 1 aromatic rings. The molecule has 0 aromatic carbocycles. The van der Waals surface area contributed by atoms with E-state index >= 15 is 0 Å². The maximum Gasteiger partial charge on any atom is 0.0325 e. The van der Waals surface area contributed by atoms with E-state index in [0.29, 0.717) is 0 Å². The molecule has 0 amide bonds. The molecule has 0 spiro atoms. The van der Waals surface area contributed by atoms with Crippen molar-refractivity contribution in [1.29, 1.82) is 0 Å². The van der Waals surface area contributed by atoms with Crippen LogP contribution in [0.1, 0.15) is 48.8 Å². The Labute approximate surface area is 133 Å². The number of hydrogen-bond acceptors (Lipinski definition) is 3. The molecule has 3 rings (SSSR count). The summed E-state index contributed by atoms with van der Waals surface area (Å²) >= 11 is 1.98. The predicted octanol–water partition coefficient (Wildman–Crippen LogP) is 4.12. The number of hydrogen-bond donors (Lipinski definition) is 1. The second kappa shape index (κ2) is 7.26. The first-order valence-electron chi connectivity index (χ1n) is 8.71. The van der Waals surface area contributed by atoms with Gasteiger partial charge in [0.1, 0.15) is 0 Å². The Bertz CT molecular complexity index is 442. The fourth-order valence-electron chi connectivity index (χ4n) is 4.32. The SMILES string of the molecule is CCCNCc1ccc(CN(C)CC2CC3CCC2C3)s1. The molecule has 0 aliphatic heterocycles. The van der Waals surface area contributed by atoms with E-state index in [2.05, 4.69) is 36.3 Å². The van der Waals surface area contributed by atoms with Gasteiger partial charge in [0.2, 0.25) is 0 Å². The fraction of sp³-hybridized carbons (Fsp3) is 0.778. The molecule has 2 bridgehead atoms. The minimum absolute atomic E-state index is 0.986. The molecule has 0 saturated heterocycles. The monoisotopic (exact) mass is 306 g/mol. The van der Waals surface area contributed by atoms with Gasteiger partial charge in [0, 0.05) is 29.4 Å². The van der Waals surface area contributed by atoms with E-state index in [9.17, 15) is 0 Å². The van der Waals surface area contributed by atoms with Gasteiger partial charge in [-0.05, 0) is 69.2 Å². The van der Waals surface area contributed by atoms with Crippen molar-refractivity contribution in [3.05, 3.63) is 21.9 Å². The molecule has 2 fully saturated rings. The first-order chi connectivity index (χ1) is 10.2. The van der Waals surface area contributed by atoms with Crippen molar-refractivity contribution in [3.63, 3.8) is 0 Å². The van der Waals surface area contributed by atoms with E-state index in [1.54, 1.807) is 0 Å². The molecule has 1 aromatic heterocycles. The minimum atomic E-state index is 0.986. The van der Waals surface area contributed by atoms with Gasteiger partial charge in [-0.2, -0.15) is 0 Å². The van der Waals surface area contributed by atoms with Gasteiger partial charge in [-0.15, -0.1) is 11.3 Å². The van der Waals surface area contributed by atoms with Crippen LogP contribution in [0.15, 0.2) is 12.1 Å². The molecule has 118 valence electrons. The van der Waals surface area contributed by atoms with Crippen molar-refractivity contribution in [2.75, 3.05) is 20.1 Å². The lowest BCUT2D eigenvalue weighted by atomic mass is 9.88. The number of nitrogens with one attached hydrogen (secondary N) is 1. The lowest BCUT2D eigenvalue weighted by Crippen LogP contribution is -2.28. The zero-order valence-electron chi connectivity index (χ0n) is 13.6. The van der Waals surface area contributed by atoms with Gasteiger partial charge in [0.15, 0.2) is 0 Å². The lowest BCUT2D eigenvalue weighted by molar-refractivity contribution is 0.216. The smallest absolute Gasteiger partial charge is 0.0325 e. The normalized spacial score (nSPS) is 27.9. The Hall–Kier alpha value is -0.380. The Kier molecular flexibility index (Phi) is 5.36. The van der Waals surface area contributed by atoms with Crippen molar-refractivity contribution in [2.24, 2.45) is 17.8 Å². The highest BCUT2D eigenvalue weighted by Crippen LogP contribution is 2.48. The van der Waals surface area contributed by atoms with Gasteiger partial charge in [0.25, 0.3) is 0 Å². The second-order valence-electron chi connectivity index (χ2n) is 7.18. The van der Waals surface area contributed by atoms with E-state index in [-0.39, 0.29) is 0 Å². The Morgan fingerprint density at radius 3 is 2.81 bits per heavy atom. The van der Waals surface area contributed by atoms with Crippen molar-refractivity contribution in [3.8, 4) is 0 Å². The summed E-state index contributed by atoms with van der Waals surface area (Å²) in [5.74, 6) is 3.11. The van der Waals surface area contributed by atoms with E-state index in [0.717, 1.165) is 37.4 Å². The van der Waals surface area contributed by atoms with Crippen LogP contribution in [0.3, 0.4) is 0 Å². The summed E-state index contributed by atoms with van der Waals surface area (Å²) in [6.07, 6.45) is 7.28. The Morgan fingerprint density at radius 2 is 2.10 bits per heavy atom. The lowest BCUT2D eigenvalue weighted by Gasteiger charge is -2.26. The first-order valence-corrected chi connectivity index (χ1v) is 9.53. The molecule has 1 heterocycles. The summed E-state index contributed by atoms with van der Waals surface area (Å²) in [6.45, 7) is 6.82. The van der Waals surface area contributed by atoms with Crippen LogP contribution >= 0.6 is 11.3 Å². The maximum atomic E-state index is 3.49. The van der Waals surface area contributed by atoms with Crippen molar-refractivity contribution in [1.82, 2.24) is 10.2 Å². The van der Waals surface area contributed by atoms with Crippen LogP contribution in [-0.2, 0) is 13.1 Å². The zero-order valence-corrected chi connectivity index (χ0v) is 14.4. The van der Waals surface area contributed by atoms with Crippen LogP contribution in [0.25, 0.3) is 0 Å². The summed E-state index contributed by atoms with van der Waals surface area (Å²) in [5, 5.41) is 3.49. The van der Waals surface area contributed by atoms with Crippen LogP contribution in [-0.4, -0.2) is 25.0 Å². The molecule has 2 aliphatic rings.